The first kappa shape index (κ1) is 12.0. The zero-order chi connectivity index (χ0) is 6.41. The number of hydrogen-bond donors (Lipinski definition) is 1. The Morgan fingerprint density at radius 2 is 2.22 bits per heavy atom. The van der Waals surface area contributed by atoms with Gasteiger partial charge in [0.25, 0.3) is 0 Å². The molecule has 0 rings (SSSR count). The molecule has 0 aliphatic heterocycles. The molecule has 0 atom stereocenters. The quantitative estimate of drug-likeness (QED) is 0.446. The number of hydrogen-bond acceptors (Lipinski definition) is 2. The Hall–Kier alpha value is 0.270. The molecular weight excluding hydrogens is 129 g/mol. The number of alkyl carbamates (subject to hydrolysis) is 1. The molecule has 0 saturated carbocycles. The molecule has 0 unspecified atom stereocenters. The zero-order valence-corrected chi connectivity index (χ0v) is 8.23. The van der Waals surface area contributed by atoms with Crippen LogP contribution in [0.15, 0.2) is 0 Å². The van der Waals surface area contributed by atoms with Gasteiger partial charge in [0.1, 0.15) is 0 Å². The van der Waals surface area contributed by atoms with Gasteiger partial charge in [-0.05, 0) is 13.8 Å². The monoisotopic (exact) mass is 141 g/mol. The molecule has 1 N–H and O–H groups in total. The van der Waals surface area contributed by atoms with Crippen molar-refractivity contribution >= 4 is 6.09 Å². The molecule has 0 bridgehead atoms. The summed E-state index contributed by atoms with van der Waals surface area (Å²) < 4.78 is 4.53. The summed E-state index contributed by atoms with van der Waals surface area (Å²) in [5.74, 6) is 0. The number of amides is 1. The average molecular weight is 141 g/mol. The maximum absolute atomic E-state index is 10.3. The third kappa shape index (κ3) is 8.27. The van der Waals surface area contributed by atoms with Crippen LogP contribution in [0.4, 0.5) is 4.79 Å². The predicted octanol–water partition coefficient (Wildman–Crippen LogP) is -2.13. The van der Waals surface area contributed by atoms with E-state index in [1.54, 1.807) is 6.92 Å². The fourth-order valence-corrected chi connectivity index (χ4v) is 0.326. The van der Waals surface area contributed by atoms with Gasteiger partial charge in [0.05, 0.1) is 6.61 Å². The topological polar surface area (TPSA) is 38.3 Å². The molecule has 0 heterocycles. The number of carbonyl (C=O) groups is 1. The van der Waals surface area contributed by atoms with Gasteiger partial charge < -0.3 is 11.5 Å². The van der Waals surface area contributed by atoms with E-state index in [9.17, 15) is 4.79 Å². The van der Waals surface area contributed by atoms with E-state index in [4.69, 9.17) is 0 Å². The molecule has 9 heavy (non-hydrogen) atoms. The van der Waals surface area contributed by atoms with Crippen LogP contribution in [-0.2, 0) is 4.74 Å². The van der Waals surface area contributed by atoms with Crippen molar-refractivity contribution in [3.05, 3.63) is 0 Å². The third-order valence-corrected chi connectivity index (χ3v) is 0.597. The maximum Gasteiger partial charge on any atom is 1.00 e. The van der Waals surface area contributed by atoms with Crippen LogP contribution in [-0.4, -0.2) is 19.2 Å². The van der Waals surface area contributed by atoms with E-state index in [2.05, 4.69) is 10.1 Å². The number of rotatable bonds is 2. The number of ether oxygens (including phenoxy) is 1. The SMILES string of the molecule is CCNC(=O)OCC.[H-].[Na+]. The van der Waals surface area contributed by atoms with E-state index in [0.717, 1.165) is 0 Å². The van der Waals surface area contributed by atoms with E-state index < -0.39 is 0 Å². The summed E-state index contributed by atoms with van der Waals surface area (Å²) >= 11 is 0. The van der Waals surface area contributed by atoms with E-state index in [-0.39, 0.29) is 37.1 Å². The molecule has 3 nitrogen and oxygen atoms in total. The second-order valence-electron chi connectivity index (χ2n) is 1.25. The van der Waals surface area contributed by atoms with Crippen LogP contribution >= 0.6 is 0 Å². The first-order chi connectivity index (χ1) is 3.81. The Balaban J connectivity index is -0.000000245. The Morgan fingerprint density at radius 3 is 2.56 bits per heavy atom. The summed E-state index contributed by atoms with van der Waals surface area (Å²) in [7, 11) is 0. The third-order valence-electron chi connectivity index (χ3n) is 0.597. The summed E-state index contributed by atoms with van der Waals surface area (Å²) in [6, 6.07) is 0. The first-order valence-electron chi connectivity index (χ1n) is 2.71. The summed E-state index contributed by atoms with van der Waals surface area (Å²) in [6.07, 6.45) is -0.338. The molecule has 0 aliphatic carbocycles. The fraction of sp³-hybridized carbons (Fsp3) is 0.800. The van der Waals surface area contributed by atoms with Crippen molar-refractivity contribution in [1.29, 1.82) is 0 Å². The van der Waals surface area contributed by atoms with E-state index in [0.29, 0.717) is 13.2 Å². The van der Waals surface area contributed by atoms with Crippen LogP contribution in [0.3, 0.4) is 0 Å². The minimum Gasteiger partial charge on any atom is -1.00 e. The van der Waals surface area contributed by atoms with Gasteiger partial charge in [-0.1, -0.05) is 0 Å². The zero-order valence-electron chi connectivity index (χ0n) is 7.23. The molecule has 0 spiro atoms. The average Bonchev–Trinajstić information content (AvgIpc) is 1.68. The van der Waals surface area contributed by atoms with Gasteiger partial charge >= 0.3 is 35.7 Å². The van der Waals surface area contributed by atoms with Gasteiger partial charge in [0.15, 0.2) is 0 Å². The molecule has 0 aromatic carbocycles. The minimum atomic E-state index is -0.338. The fourth-order valence-electron chi connectivity index (χ4n) is 0.326. The summed E-state index contributed by atoms with van der Waals surface area (Å²) in [5.41, 5.74) is 0. The minimum absolute atomic E-state index is 0. The molecule has 0 aliphatic rings. The second-order valence-corrected chi connectivity index (χ2v) is 1.25. The molecule has 0 saturated heterocycles. The summed E-state index contributed by atoms with van der Waals surface area (Å²) in [4.78, 5) is 10.3. The molecule has 0 fully saturated rings. The van der Waals surface area contributed by atoms with Crippen molar-refractivity contribution in [2.75, 3.05) is 13.2 Å². The molecule has 0 aromatic rings. The Labute approximate surface area is 78.9 Å². The Morgan fingerprint density at radius 1 is 1.67 bits per heavy atom. The van der Waals surface area contributed by atoms with Gasteiger partial charge in [-0.25, -0.2) is 4.79 Å². The van der Waals surface area contributed by atoms with Crippen molar-refractivity contribution in [3.63, 3.8) is 0 Å². The predicted molar refractivity (Wildman–Crippen MR) is 31.8 cm³/mol. The van der Waals surface area contributed by atoms with Crippen LogP contribution < -0.4 is 34.9 Å². The molecule has 4 heteroatoms. The van der Waals surface area contributed by atoms with Gasteiger partial charge in [0.2, 0.25) is 0 Å². The molecule has 1 amide bonds. The normalized spacial score (nSPS) is 7.33. The maximum atomic E-state index is 10.3. The van der Waals surface area contributed by atoms with Gasteiger partial charge in [-0.15, -0.1) is 0 Å². The van der Waals surface area contributed by atoms with Crippen molar-refractivity contribution in [2.24, 2.45) is 0 Å². The first-order valence-corrected chi connectivity index (χ1v) is 2.71. The van der Waals surface area contributed by atoms with Crippen LogP contribution in [0.1, 0.15) is 15.3 Å². The Bertz CT molecular complexity index is 74.0. The van der Waals surface area contributed by atoms with E-state index in [1.807, 2.05) is 6.92 Å². The van der Waals surface area contributed by atoms with Crippen LogP contribution in [0.25, 0.3) is 0 Å². The molecule has 0 radical (unpaired) electrons. The Kier molecular flexibility index (Phi) is 11.0. The molecular formula is C5H12NNaO2. The van der Waals surface area contributed by atoms with Gasteiger partial charge in [-0.3, -0.25) is 0 Å². The summed E-state index contributed by atoms with van der Waals surface area (Å²) in [5, 5.41) is 2.49. The summed E-state index contributed by atoms with van der Waals surface area (Å²) in [6.45, 7) is 4.68. The number of carbonyl (C=O) groups excluding carboxylic acids is 1. The van der Waals surface area contributed by atoms with Crippen LogP contribution in [0.2, 0.25) is 0 Å². The van der Waals surface area contributed by atoms with Crippen LogP contribution in [0.5, 0.6) is 0 Å². The number of nitrogens with one attached hydrogen (secondary N) is 1. The van der Waals surface area contributed by atoms with Crippen molar-refractivity contribution in [2.45, 2.75) is 13.8 Å². The second kappa shape index (κ2) is 8.27. The molecule has 0 aromatic heterocycles. The van der Waals surface area contributed by atoms with Gasteiger partial charge in [-0.2, -0.15) is 0 Å². The largest absolute Gasteiger partial charge is 1.00 e. The standard InChI is InChI=1S/C5H11NO2.Na.H/c1-3-6-5(7)8-4-2;;/h3-4H2,1-2H3,(H,6,7);;/q;+1;-1. The van der Waals surface area contributed by atoms with Crippen molar-refractivity contribution < 1.29 is 40.5 Å². The smallest absolute Gasteiger partial charge is 1.00 e. The van der Waals surface area contributed by atoms with E-state index >= 15 is 0 Å². The molecule has 50 valence electrons. The van der Waals surface area contributed by atoms with Crippen molar-refractivity contribution in [3.8, 4) is 0 Å². The van der Waals surface area contributed by atoms with E-state index in [1.165, 1.54) is 0 Å². The van der Waals surface area contributed by atoms with Crippen LogP contribution in [0, 0.1) is 0 Å². The van der Waals surface area contributed by atoms with Gasteiger partial charge in [0, 0.05) is 6.54 Å². The van der Waals surface area contributed by atoms with Crippen molar-refractivity contribution in [1.82, 2.24) is 5.32 Å².